The van der Waals surface area contributed by atoms with E-state index in [2.05, 4.69) is 56.1 Å². The van der Waals surface area contributed by atoms with Gasteiger partial charge in [-0.2, -0.15) is 18.3 Å². The number of hydrogen-bond donors (Lipinski definition) is 4. The van der Waals surface area contributed by atoms with Crippen LogP contribution in [-0.4, -0.2) is 172 Å². The topological polar surface area (TPSA) is 204 Å². The average Bonchev–Trinajstić information content (AvgIpc) is 4.25. The summed E-state index contributed by atoms with van der Waals surface area (Å²) in [5.41, 5.74) is 2.36. The fraction of sp³-hybridized carbons (Fsp3) is 0.475. The lowest BCUT2D eigenvalue weighted by molar-refractivity contribution is -0.140. The van der Waals surface area contributed by atoms with E-state index in [1.807, 2.05) is 43.3 Å². The van der Waals surface area contributed by atoms with Gasteiger partial charge < -0.3 is 53.8 Å². The molecule has 4 N–H and O–H groups in total. The highest BCUT2D eigenvalue weighted by molar-refractivity contribution is 7.89. The number of aliphatic hydroxyl groups is 1. The van der Waals surface area contributed by atoms with Gasteiger partial charge in [0.1, 0.15) is 36.4 Å². The van der Waals surface area contributed by atoms with Gasteiger partial charge in [0, 0.05) is 49.2 Å². The van der Waals surface area contributed by atoms with Crippen molar-refractivity contribution in [2.75, 3.05) is 117 Å². The Morgan fingerprint density at radius 3 is 2.23 bits per heavy atom. The van der Waals surface area contributed by atoms with Crippen LogP contribution in [0, 0.1) is 23.7 Å². The van der Waals surface area contributed by atoms with Gasteiger partial charge in [-0.3, -0.25) is 14.2 Å². The van der Waals surface area contributed by atoms with Crippen LogP contribution in [0.25, 0.3) is 16.4 Å². The molecule has 0 spiro atoms. The number of carbonyl (C=O) groups excluding carboxylic acids is 1. The zero-order chi connectivity index (χ0) is 58.1. The van der Waals surface area contributed by atoms with Gasteiger partial charge in [-0.15, -0.1) is 0 Å². The van der Waals surface area contributed by atoms with Crippen molar-refractivity contribution in [1.82, 2.24) is 33.3 Å². The number of nitrogens with zero attached hydrogens (tertiary/aromatic N) is 6. The molecule has 2 fully saturated rings. The molecular formula is C59H72F3N9O10S. The van der Waals surface area contributed by atoms with Crippen LogP contribution in [0.1, 0.15) is 61.9 Å². The number of amides is 1. The second-order valence-corrected chi connectivity index (χ2v) is 22.3. The summed E-state index contributed by atoms with van der Waals surface area (Å²) < 4.78 is 102. The fourth-order valence-corrected chi connectivity index (χ4v) is 10.9. The van der Waals surface area contributed by atoms with Gasteiger partial charge in [0.25, 0.3) is 5.56 Å². The Morgan fingerprint density at radius 1 is 0.829 bits per heavy atom. The maximum atomic E-state index is 13.8. The monoisotopic (exact) mass is 1160 g/mol. The van der Waals surface area contributed by atoms with E-state index in [9.17, 15) is 36.3 Å². The molecule has 2 saturated heterocycles. The number of nitrogens with one attached hydrogen (secondary N) is 3. The molecule has 5 heterocycles. The molecule has 6 aromatic rings. The molecule has 8 rings (SSSR count). The maximum absolute atomic E-state index is 13.8. The molecule has 440 valence electrons. The first-order valence-electron chi connectivity index (χ1n) is 27.5. The normalized spacial score (nSPS) is 15.4. The molecule has 3 aromatic heterocycles. The number of likely N-dealkylation sites (tertiary alicyclic amines) is 2. The number of benzene rings is 3. The van der Waals surface area contributed by atoms with Gasteiger partial charge in [0.05, 0.1) is 93.8 Å². The van der Waals surface area contributed by atoms with Gasteiger partial charge >= 0.3 is 6.18 Å². The summed E-state index contributed by atoms with van der Waals surface area (Å²) in [5, 5.41) is 23.1. The zero-order valence-corrected chi connectivity index (χ0v) is 47.3. The van der Waals surface area contributed by atoms with E-state index in [0.717, 1.165) is 37.2 Å². The molecular weight excluding hydrogens is 1080 g/mol. The van der Waals surface area contributed by atoms with Crippen LogP contribution in [0.15, 0.2) is 101 Å². The third-order valence-corrected chi connectivity index (χ3v) is 15.9. The summed E-state index contributed by atoms with van der Waals surface area (Å²) in [6.07, 6.45) is -0.114. The Labute approximate surface area is 476 Å². The molecule has 2 aliphatic heterocycles. The zero-order valence-electron chi connectivity index (χ0n) is 46.5. The molecule has 0 bridgehead atoms. The van der Waals surface area contributed by atoms with Crippen molar-refractivity contribution in [2.45, 2.75) is 80.7 Å². The highest BCUT2D eigenvalue weighted by Crippen LogP contribution is 2.32. The number of anilines is 2. The standard InChI is InChI=1S/C59H72F3N9O10S/c1-44(45-10-5-4-6-11-45)38-56(72)68-28-22-58(74,23-29-68)41-69-43-64-71-47(16-19-54(71)57(69)73)13-9-30-78-32-34-80-36-37-81-35-33-79-31-25-65-82(75,76)49-17-18-52(55(40-49)77-3)63-24-8-12-48-39-50-51(66-46-20-26-67(2)27-21-46)14-7-15-53(50)70(48)42-59(60,61)62/h4-7,10-11,14-19,39-40,43-44,46,63,65-66,74H,20-38,41-42H2,1-3H3/t44-/m1/s1. The van der Waals surface area contributed by atoms with Crippen molar-refractivity contribution >= 4 is 43.7 Å². The molecule has 2 aliphatic rings. The molecule has 0 aliphatic carbocycles. The Morgan fingerprint density at radius 2 is 1.52 bits per heavy atom. The molecule has 0 saturated carbocycles. The van der Waals surface area contributed by atoms with Crippen LogP contribution in [0.4, 0.5) is 24.5 Å². The molecule has 23 heteroatoms. The Hall–Kier alpha value is -6.93. The second kappa shape index (κ2) is 28.9. The van der Waals surface area contributed by atoms with Gasteiger partial charge in [-0.05, 0) is 112 Å². The molecule has 1 amide bonds. The smallest absolute Gasteiger partial charge is 0.406 e. The predicted octanol–water partition coefficient (Wildman–Crippen LogP) is 5.94. The number of ether oxygens (including phenoxy) is 5. The van der Waals surface area contributed by atoms with Crippen LogP contribution in [-0.2, 0) is 46.9 Å². The summed E-state index contributed by atoms with van der Waals surface area (Å²) in [6.45, 7) is 5.59. The van der Waals surface area contributed by atoms with Crippen LogP contribution >= 0.6 is 0 Å². The first-order valence-corrected chi connectivity index (χ1v) is 28.9. The number of alkyl halides is 3. The lowest BCUT2D eigenvalue weighted by Gasteiger charge is -2.38. The number of piperidine rings is 2. The summed E-state index contributed by atoms with van der Waals surface area (Å²) in [5.74, 6) is 12.1. The Kier molecular flexibility index (Phi) is 21.5. The maximum Gasteiger partial charge on any atom is 0.406 e. The molecule has 0 unspecified atom stereocenters. The quantitative estimate of drug-likeness (QED) is 0.0367. The third kappa shape index (κ3) is 17.1. The van der Waals surface area contributed by atoms with Crippen LogP contribution in [0.2, 0.25) is 0 Å². The van der Waals surface area contributed by atoms with Crippen LogP contribution in [0.3, 0.4) is 0 Å². The van der Waals surface area contributed by atoms with Crippen molar-refractivity contribution < 1.29 is 55.2 Å². The Bertz CT molecular complexity index is 3390. The highest BCUT2D eigenvalue weighted by Gasteiger charge is 2.35. The summed E-state index contributed by atoms with van der Waals surface area (Å²) in [6, 6.07) is 24.8. The van der Waals surface area contributed by atoms with E-state index in [0.29, 0.717) is 86.6 Å². The number of fused-ring (bicyclic) bond motifs is 2. The Balaban J connectivity index is 0.674. The third-order valence-electron chi connectivity index (χ3n) is 14.5. The average molecular weight is 1160 g/mol. The molecule has 0 radical (unpaired) electrons. The minimum atomic E-state index is -4.47. The predicted molar refractivity (Wildman–Crippen MR) is 306 cm³/mol. The fourth-order valence-electron chi connectivity index (χ4n) is 9.91. The highest BCUT2D eigenvalue weighted by atomic mass is 32.2. The second-order valence-electron chi connectivity index (χ2n) is 20.5. The van der Waals surface area contributed by atoms with Gasteiger partial charge in [-0.25, -0.2) is 17.7 Å². The van der Waals surface area contributed by atoms with Crippen molar-refractivity contribution in [2.24, 2.45) is 0 Å². The SMILES string of the molecule is COc1cc(S(=O)(=O)NCCOCCOCCOCCOCC#Cc2ccc3c(=O)n(CC4(O)CCN(C(=O)C[C@@H](C)c5ccccc5)CC4)cnn23)ccc1NCC#Cc1cc2c(NC3CCN(C)CC3)cccc2n1CC(F)(F)F. The van der Waals surface area contributed by atoms with E-state index in [1.165, 1.54) is 45.3 Å². The molecule has 19 nitrogen and oxygen atoms in total. The van der Waals surface area contributed by atoms with E-state index in [4.69, 9.17) is 23.7 Å². The summed E-state index contributed by atoms with van der Waals surface area (Å²) in [4.78, 5) is 30.4. The number of methoxy groups -OCH3 is 1. The van der Waals surface area contributed by atoms with Crippen LogP contribution < -0.4 is 25.7 Å². The van der Waals surface area contributed by atoms with E-state index in [-0.39, 0.29) is 85.8 Å². The number of hydrogen-bond acceptors (Lipinski definition) is 14. The number of aromatic nitrogens is 4. The molecule has 3 aromatic carbocycles. The molecule has 1 atom stereocenters. The van der Waals surface area contributed by atoms with E-state index < -0.39 is 28.3 Å². The largest absolute Gasteiger partial charge is 0.495 e. The first kappa shape index (κ1) is 61.1. The molecule has 82 heavy (non-hydrogen) atoms. The van der Waals surface area contributed by atoms with Crippen molar-refractivity contribution in [3.05, 3.63) is 119 Å². The van der Waals surface area contributed by atoms with Gasteiger partial charge in [-0.1, -0.05) is 55.2 Å². The van der Waals surface area contributed by atoms with Gasteiger partial charge in [0.15, 0.2) is 0 Å². The first-order chi connectivity index (χ1) is 39.5. The number of carbonyl (C=O) groups is 1. The number of halogens is 3. The van der Waals surface area contributed by atoms with E-state index in [1.54, 1.807) is 35.2 Å². The number of sulfonamides is 1. The summed E-state index contributed by atoms with van der Waals surface area (Å²) >= 11 is 0. The van der Waals surface area contributed by atoms with Crippen molar-refractivity contribution in [3.8, 4) is 29.4 Å². The van der Waals surface area contributed by atoms with Crippen LogP contribution in [0.5, 0.6) is 5.75 Å². The van der Waals surface area contributed by atoms with Crippen molar-refractivity contribution in [1.29, 1.82) is 0 Å². The van der Waals surface area contributed by atoms with Gasteiger partial charge in [0.2, 0.25) is 15.9 Å². The minimum Gasteiger partial charge on any atom is -0.495 e. The minimum absolute atomic E-state index is 0.00269. The lowest BCUT2D eigenvalue weighted by Crippen LogP contribution is -2.49. The summed E-state index contributed by atoms with van der Waals surface area (Å²) in [7, 11) is -0.470. The number of rotatable bonds is 26. The lowest BCUT2D eigenvalue weighted by atomic mass is 9.90. The van der Waals surface area contributed by atoms with Crippen molar-refractivity contribution in [3.63, 3.8) is 0 Å². The van der Waals surface area contributed by atoms with E-state index >= 15 is 0 Å².